The SMILES string of the molecule is CC(C(=O)NN)C(C)N(C)CCO. The van der Waals surface area contributed by atoms with E-state index >= 15 is 0 Å². The number of aliphatic hydroxyl groups is 1. The molecule has 13 heavy (non-hydrogen) atoms. The zero-order valence-electron chi connectivity index (χ0n) is 8.45. The van der Waals surface area contributed by atoms with E-state index in [4.69, 9.17) is 10.9 Å². The average molecular weight is 189 g/mol. The third kappa shape index (κ3) is 3.71. The van der Waals surface area contributed by atoms with Gasteiger partial charge in [0.05, 0.1) is 12.5 Å². The fourth-order valence-electron chi connectivity index (χ4n) is 1.09. The molecule has 1 amide bonds. The van der Waals surface area contributed by atoms with Crippen molar-refractivity contribution in [1.29, 1.82) is 0 Å². The Balaban J connectivity index is 4.07. The molecule has 2 unspecified atom stereocenters. The number of nitrogens with zero attached hydrogens (tertiary/aromatic N) is 1. The fourth-order valence-corrected chi connectivity index (χ4v) is 1.09. The number of nitrogens with one attached hydrogen (secondary N) is 1. The molecule has 0 bridgehead atoms. The van der Waals surface area contributed by atoms with Crippen LogP contribution in [-0.4, -0.2) is 42.2 Å². The summed E-state index contributed by atoms with van der Waals surface area (Å²) in [4.78, 5) is 13.1. The van der Waals surface area contributed by atoms with Gasteiger partial charge in [0.2, 0.25) is 5.91 Å². The number of carbonyl (C=O) groups excluding carboxylic acids is 1. The molecule has 0 aliphatic heterocycles. The molecule has 0 aromatic carbocycles. The van der Waals surface area contributed by atoms with E-state index in [0.717, 1.165) is 0 Å². The standard InChI is InChI=1S/C8H19N3O2/c1-6(8(13)10-9)7(2)11(3)4-5-12/h6-7,12H,4-5,9H2,1-3H3,(H,10,13). The highest BCUT2D eigenvalue weighted by Gasteiger charge is 2.22. The summed E-state index contributed by atoms with van der Waals surface area (Å²) in [6.07, 6.45) is 0. The first kappa shape index (κ1) is 12.3. The Kier molecular flexibility index (Phi) is 5.61. The summed E-state index contributed by atoms with van der Waals surface area (Å²) in [6.45, 7) is 4.39. The van der Waals surface area contributed by atoms with E-state index in [2.05, 4.69) is 5.43 Å². The smallest absolute Gasteiger partial charge is 0.238 e. The molecule has 2 atom stereocenters. The number of amides is 1. The molecule has 0 rings (SSSR count). The number of hydrogen-bond acceptors (Lipinski definition) is 4. The van der Waals surface area contributed by atoms with Crippen molar-refractivity contribution >= 4 is 5.91 Å². The van der Waals surface area contributed by atoms with E-state index in [1.165, 1.54) is 0 Å². The predicted molar refractivity (Wildman–Crippen MR) is 50.7 cm³/mol. The van der Waals surface area contributed by atoms with E-state index in [-0.39, 0.29) is 24.5 Å². The minimum atomic E-state index is -0.183. The van der Waals surface area contributed by atoms with Crippen LogP contribution in [0.3, 0.4) is 0 Å². The van der Waals surface area contributed by atoms with Gasteiger partial charge in [-0.1, -0.05) is 6.92 Å². The highest BCUT2D eigenvalue weighted by Crippen LogP contribution is 2.08. The largest absolute Gasteiger partial charge is 0.395 e. The second-order valence-electron chi connectivity index (χ2n) is 3.24. The molecule has 0 saturated heterocycles. The van der Waals surface area contributed by atoms with Crippen LogP contribution in [0.15, 0.2) is 0 Å². The summed E-state index contributed by atoms with van der Waals surface area (Å²) in [5.41, 5.74) is 2.11. The molecule has 0 radical (unpaired) electrons. The van der Waals surface area contributed by atoms with Gasteiger partial charge in [0.15, 0.2) is 0 Å². The molecule has 5 nitrogen and oxygen atoms in total. The highest BCUT2D eigenvalue weighted by molar-refractivity contribution is 5.78. The summed E-state index contributed by atoms with van der Waals surface area (Å²) >= 11 is 0. The molecule has 5 heteroatoms. The number of hydrazine groups is 1. The average Bonchev–Trinajstić information content (AvgIpc) is 2.14. The molecule has 0 aromatic heterocycles. The van der Waals surface area contributed by atoms with Crippen LogP contribution in [-0.2, 0) is 4.79 Å². The zero-order chi connectivity index (χ0) is 10.4. The van der Waals surface area contributed by atoms with Gasteiger partial charge in [-0.25, -0.2) is 5.84 Å². The van der Waals surface area contributed by atoms with E-state index in [1.54, 1.807) is 6.92 Å². The van der Waals surface area contributed by atoms with Gasteiger partial charge < -0.3 is 10.0 Å². The maximum absolute atomic E-state index is 11.1. The van der Waals surface area contributed by atoms with Crippen LogP contribution in [0.1, 0.15) is 13.8 Å². The lowest BCUT2D eigenvalue weighted by Crippen LogP contribution is -2.45. The molecule has 0 heterocycles. The van der Waals surface area contributed by atoms with Gasteiger partial charge in [0.1, 0.15) is 0 Å². The lowest BCUT2D eigenvalue weighted by atomic mass is 10.0. The Morgan fingerprint density at radius 1 is 1.62 bits per heavy atom. The van der Waals surface area contributed by atoms with Crippen molar-refractivity contribution in [2.75, 3.05) is 20.2 Å². The Hall–Kier alpha value is -0.650. The third-order valence-corrected chi connectivity index (χ3v) is 2.43. The quantitative estimate of drug-likeness (QED) is 0.292. The Morgan fingerprint density at radius 2 is 2.15 bits per heavy atom. The Morgan fingerprint density at radius 3 is 2.54 bits per heavy atom. The van der Waals surface area contributed by atoms with Crippen molar-refractivity contribution in [3.05, 3.63) is 0 Å². The van der Waals surface area contributed by atoms with E-state index < -0.39 is 0 Å². The topological polar surface area (TPSA) is 78.6 Å². The number of likely N-dealkylation sites (N-methyl/N-ethyl adjacent to an activating group) is 1. The Bertz CT molecular complexity index is 163. The summed E-state index contributed by atoms with van der Waals surface area (Å²) in [5, 5.41) is 8.70. The highest BCUT2D eigenvalue weighted by atomic mass is 16.3. The molecule has 0 aliphatic rings. The van der Waals surface area contributed by atoms with Crippen molar-refractivity contribution in [2.24, 2.45) is 11.8 Å². The van der Waals surface area contributed by atoms with Gasteiger partial charge in [-0.15, -0.1) is 0 Å². The minimum Gasteiger partial charge on any atom is -0.395 e. The normalized spacial score (nSPS) is 15.5. The molecular weight excluding hydrogens is 170 g/mol. The number of hydrogen-bond donors (Lipinski definition) is 3. The first-order valence-corrected chi connectivity index (χ1v) is 4.36. The lowest BCUT2D eigenvalue weighted by Gasteiger charge is -2.27. The number of rotatable bonds is 5. The fraction of sp³-hybridized carbons (Fsp3) is 0.875. The van der Waals surface area contributed by atoms with Gasteiger partial charge in [-0.2, -0.15) is 0 Å². The number of carbonyl (C=O) groups is 1. The summed E-state index contributed by atoms with van der Waals surface area (Å²) in [5.74, 6) is 4.66. The van der Waals surface area contributed by atoms with E-state index in [0.29, 0.717) is 6.54 Å². The zero-order valence-corrected chi connectivity index (χ0v) is 8.45. The van der Waals surface area contributed by atoms with Crippen LogP contribution >= 0.6 is 0 Å². The van der Waals surface area contributed by atoms with Crippen molar-refractivity contribution in [3.8, 4) is 0 Å². The predicted octanol–water partition coefficient (Wildman–Crippen LogP) is -1.07. The van der Waals surface area contributed by atoms with Crippen LogP contribution in [0.2, 0.25) is 0 Å². The van der Waals surface area contributed by atoms with Gasteiger partial charge in [-0.05, 0) is 14.0 Å². The van der Waals surface area contributed by atoms with Crippen LogP contribution < -0.4 is 11.3 Å². The van der Waals surface area contributed by atoms with Crippen molar-refractivity contribution in [3.63, 3.8) is 0 Å². The van der Waals surface area contributed by atoms with Crippen LogP contribution in [0.5, 0.6) is 0 Å². The molecule has 0 saturated carbocycles. The van der Waals surface area contributed by atoms with E-state index in [9.17, 15) is 4.79 Å². The van der Waals surface area contributed by atoms with Crippen LogP contribution in [0.25, 0.3) is 0 Å². The van der Waals surface area contributed by atoms with Crippen LogP contribution in [0.4, 0.5) is 0 Å². The van der Waals surface area contributed by atoms with Crippen molar-refractivity contribution in [1.82, 2.24) is 10.3 Å². The first-order valence-electron chi connectivity index (χ1n) is 4.36. The van der Waals surface area contributed by atoms with Gasteiger partial charge in [-0.3, -0.25) is 10.2 Å². The summed E-state index contributed by atoms with van der Waals surface area (Å²) in [7, 11) is 1.86. The molecular formula is C8H19N3O2. The third-order valence-electron chi connectivity index (χ3n) is 2.43. The molecule has 0 spiro atoms. The van der Waals surface area contributed by atoms with Gasteiger partial charge >= 0.3 is 0 Å². The second kappa shape index (κ2) is 5.90. The van der Waals surface area contributed by atoms with Crippen LogP contribution in [0, 0.1) is 5.92 Å². The lowest BCUT2D eigenvalue weighted by molar-refractivity contribution is -0.126. The number of nitrogens with two attached hydrogens (primary N) is 1. The first-order chi connectivity index (χ1) is 6.04. The monoisotopic (exact) mass is 189 g/mol. The molecule has 0 aliphatic carbocycles. The van der Waals surface area contributed by atoms with Crippen molar-refractivity contribution < 1.29 is 9.90 Å². The minimum absolute atomic E-state index is 0.0655. The van der Waals surface area contributed by atoms with Gasteiger partial charge in [0, 0.05) is 12.6 Å². The Labute approximate surface area is 78.9 Å². The van der Waals surface area contributed by atoms with Crippen molar-refractivity contribution in [2.45, 2.75) is 19.9 Å². The maximum atomic E-state index is 11.1. The molecule has 78 valence electrons. The summed E-state index contributed by atoms with van der Waals surface area (Å²) in [6, 6.07) is 0.0655. The number of aliphatic hydroxyl groups excluding tert-OH is 1. The molecule has 0 aromatic rings. The van der Waals surface area contributed by atoms with Gasteiger partial charge in [0.25, 0.3) is 0 Å². The molecule has 4 N–H and O–H groups in total. The maximum Gasteiger partial charge on any atom is 0.238 e. The molecule has 0 fully saturated rings. The second-order valence-corrected chi connectivity index (χ2v) is 3.24. The summed E-state index contributed by atoms with van der Waals surface area (Å²) < 4.78 is 0. The van der Waals surface area contributed by atoms with E-state index in [1.807, 2.05) is 18.9 Å².